The number of aromatic nitrogens is 3. The number of hydrogen-bond acceptors (Lipinski definition) is 5. The Morgan fingerprint density at radius 3 is 2.36 bits per heavy atom. The highest BCUT2D eigenvalue weighted by Gasteiger charge is 2.06. The molecular formula is C20H15N3O2. The predicted molar refractivity (Wildman–Crippen MR) is 95.3 cm³/mol. The molecule has 25 heavy (non-hydrogen) atoms. The second-order valence-electron chi connectivity index (χ2n) is 5.81. The highest BCUT2D eigenvalue weighted by Crippen LogP contribution is 2.24. The van der Waals surface area contributed by atoms with E-state index in [4.69, 9.17) is 0 Å². The molecule has 5 heteroatoms. The maximum Gasteiger partial charge on any atom is 0.133 e. The van der Waals surface area contributed by atoms with Gasteiger partial charge in [-0.2, -0.15) is 0 Å². The molecule has 2 aromatic carbocycles. The van der Waals surface area contributed by atoms with Crippen LogP contribution in [-0.2, 0) is 6.42 Å². The summed E-state index contributed by atoms with van der Waals surface area (Å²) >= 11 is 0. The summed E-state index contributed by atoms with van der Waals surface area (Å²) in [7, 11) is 0. The molecule has 0 spiro atoms. The number of aromatic hydroxyl groups is 2. The molecule has 0 unspecified atom stereocenters. The van der Waals surface area contributed by atoms with Crippen molar-refractivity contribution in [3.05, 3.63) is 78.4 Å². The van der Waals surface area contributed by atoms with Crippen molar-refractivity contribution in [2.24, 2.45) is 0 Å². The summed E-state index contributed by atoms with van der Waals surface area (Å²) in [5, 5.41) is 19.0. The largest absolute Gasteiger partial charge is 0.508 e. The number of benzene rings is 2. The van der Waals surface area contributed by atoms with Gasteiger partial charge in [-0.05, 0) is 41.5 Å². The van der Waals surface area contributed by atoms with Crippen LogP contribution in [0, 0.1) is 0 Å². The number of hydrogen-bond donors (Lipinski definition) is 2. The van der Waals surface area contributed by atoms with Crippen molar-refractivity contribution >= 4 is 11.0 Å². The van der Waals surface area contributed by atoms with Crippen molar-refractivity contribution in [1.29, 1.82) is 0 Å². The molecule has 0 fully saturated rings. The van der Waals surface area contributed by atoms with Crippen molar-refractivity contribution in [3.8, 4) is 22.6 Å². The lowest BCUT2D eigenvalue weighted by atomic mass is 10.1. The Morgan fingerprint density at radius 2 is 1.56 bits per heavy atom. The summed E-state index contributed by atoms with van der Waals surface area (Å²) in [6.45, 7) is 0. The molecule has 4 aromatic rings. The second-order valence-corrected chi connectivity index (χ2v) is 5.81. The third-order valence-electron chi connectivity index (χ3n) is 3.96. The minimum absolute atomic E-state index is 0.216. The summed E-state index contributed by atoms with van der Waals surface area (Å²) in [5.41, 5.74) is 4.27. The fourth-order valence-corrected chi connectivity index (χ4v) is 2.68. The van der Waals surface area contributed by atoms with Crippen LogP contribution in [0.2, 0.25) is 0 Å². The van der Waals surface area contributed by atoms with Crippen LogP contribution in [0.3, 0.4) is 0 Å². The maximum atomic E-state index is 9.65. The van der Waals surface area contributed by atoms with Crippen LogP contribution in [0.5, 0.6) is 11.5 Å². The zero-order valence-corrected chi connectivity index (χ0v) is 13.3. The Kier molecular flexibility index (Phi) is 3.74. The van der Waals surface area contributed by atoms with E-state index in [1.165, 1.54) is 0 Å². The monoisotopic (exact) mass is 329 g/mol. The first kappa shape index (κ1) is 15.1. The quantitative estimate of drug-likeness (QED) is 0.599. The van der Waals surface area contributed by atoms with Crippen molar-refractivity contribution in [3.63, 3.8) is 0 Å². The summed E-state index contributed by atoms with van der Waals surface area (Å²) in [5.74, 6) is 1.14. The van der Waals surface area contributed by atoms with Gasteiger partial charge in [0.2, 0.25) is 0 Å². The van der Waals surface area contributed by atoms with Crippen LogP contribution in [0.4, 0.5) is 0 Å². The van der Waals surface area contributed by atoms with Crippen molar-refractivity contribution in [1.82, 2.24) is 15.0 Å². The molecule has 0 aliphatic carbocycles. The average molecular weight is 329 g/mol. The van der Waals surface area contributed by atoms with Crippen LogP contribution >= 0.6 is 0 Å². The lowest BCUT2D eigenvalue weighted by molar-refractivity contribution is 0.474. The van der Waals surface area contributed by atoms with E-state index in [0.717, 1.165) is 27.7 Å². The molecule has 0 bridgehead atoms. The van der Waals surface area contributed by atoms with Gasteiger partial charge in [0, 0.05) is 18.2 Å². The fourth-order valence-electron chi connectivity index (χ4n) is 2.68. The molecule has 0 aliphatic heterocycles. The van der Waals surface area contributed by atoms with E-state index in [2.05, 4.69) is 15.0 Å². The number of pyridine rings is 1. The Labute approximate surface area is 144 Å². The van der Waals surface area contributed by atoms with E-state index in [-0.39, 0.29) is 11.5 Å². The topological polar surface area (TPSA) is 79.1 Å². The molecule has 0 saturated carbocycles. The summed E-state index contributed by atoms with van der Waals surface area (Å²) in [4.78, 5) is 13.4. The average Bonchev–Trinajstić information content (AvgIpc) is 2.63. The molecule has 2 heterocycles. The van der Waals surface area contributed by atoms with E-state index in [1.54, 1.807) is 42.7 Å². The van der Waals surface area contributed by atoms with Crippen LogP contribution in [0.1, 0.15) is 11.4 Å². The van der Waals surface area contributed by atoms with Gasteiger partial charge in [-0.3, -0.25) is 4.98 Å². The van der Waals surface area contributed by atoms with Gasteiger partial charge < -0.3 is 10.2 Å². The third kappa shape index (κ3) is 3.26. The maximum absolute atomic E-state index is 9.65. The molecule has 2 aromatic heterocycles. The minimum atomic E-state index is 0.216. The van der Waals surface area contributed by atoms with E-state index in [1.807, 2.05) is 24.3 Å². The normalized spacial score (nSPS) is 10.9. The van der Waals surface area contributed by atoms with Crippen LogP contribution in [-0.4, -0.2) is 25.2 Å². The zero-order valence-electron chi connectivity index (χ0n) is 13.3. The Balaban J connectivity index is 1.70. The molecule has 0 atom stereocenters. The van der Waals surface area contributed by atoms with Crippen molar-refractivity contribution in [2.75, 3.05) is 0 Å². The highest BCUT2D eigenvalue weighted by atomic mass is 16.3. The number of phenolic OH excluding ortho intramolecular Hbond substituents is 2. The van der Waals surface area contributed by atoms with Crippen LogP contribution in [0.15, 0.2) is 67.0 Å². The van der Waals surface area contributed by atoms with Gasteiger partial charge in [-0.1, -0.05) is 24.3 Å². The third-order valence-corrected chi connectivity index (χ3v) is 3.96. The smallest absolute Gasteiger partial charge is 0.133 e. The lowest BCUT2D eigenvalue weighted by Crippen LogP contribution is -1.97. The standard InChI is InChI=1S/C20H15N3O2/c24-16-6-4-13(5-7-16)8-20-22-12-19-18(23-20)10-15(11-21-19)14-2-1-3-17(25)9-14/h1-7,9-12,24-25H,8H2. The van der Waals surface area contributed by atoms with Crippen LogP contribution in [0.25, 0.3) is 22.2 Å². The lowest BCUT2D eigenvalue weighted by Gasteiger charge is -2.06. The first-order chi connectivity index (χ1) is 12.2. The minimum Gasteiger partial charge on any atom is -0.508 e. The second kappa shape index (κ2) is 6.20. The predicted octanol–water partition coefficient (Wildman–Crippen LogP) is 3.69. The van der Waals surface area contributed by atoms with Gasteiger partial charge in [0.15, 0.2) is 0 Å². The van der Waals surface area contributed by atoms with Gasteiger partial charge in [-0.15, -0.1) is 0 Å². The molecule has 0 amide bonds. The molecular weight excluding hydrogens is 314 g/mol. The van der Waals surface area contributed by atoms with Gasteiger partial charge in [0.25, 0.3) is 0 Å². The number of fused-ring (bicyclic) bond motifs is 1. The van der Waals surface area contributed by atoms with Crippen molar-refractivity contribution in [2.45, 2.75) is 6.42 Å². The Hall–Kier alpha value is -3.47. The molecule has 2 N–H and O–H groups in total. The molecule has 0 radical (unpaired) electrons. The molecule has 5 nitrogen and oxygen atoms in total. The van der Waals surface area contributed by atoms with Gasteiger partial charge in [-0.25, -0.2) is 9.97 Å². The number of phenols is 2. The Morgan fingerprint density at radius 1 is 0.720 bits per heavy atom. The number of nitrogens with zero attached hydrogens (tertiary/aromatic N) is 3. The van der Waals surface area contributed by atoms with Crippen LogP contribution < -0.4 is 0 Å². The fraction of sp³-hybridized carbons (Fsp3) is 0.0500. The van der Waals surface area contributed by atoms with E-state index >= 15 is 0 Å². The van der Waals surface area contributed by atoms with E-state index in [0.29, 0.717) is 12.2 Å². The summed E-state index contributed by atoms with van der Waals surface area (Å²) < 4.78 is 0. The van der Waals surface area contributed by atoms with Gasteiger partial charge >= 0.3 is 0 Å². The SMILES string of the molecule is Oc1ccc(Cc2ncc3ncc(-c4cccc(O)c4)cc3n2)cc1. The van der Waals surface area contributed by atoms with E-state index in [9.17, 15) is 10.2 Å². The number of rotatable bonds is 3. The van der Waals surface area contributed by atoms with E-state index < -0.39 is 0 Å². The molecule has 4 rings (SSSR count). The van der Waals surface area contributed by atoms with Crippen molar-refractivity contribution < 1.29 is 10.2 Å². The summed E-state index contributed by atoms with van der Waals surface area (Å²) in [6, 6.07) is 16.0. The molecule has 0 aliphatic rings. The molecule has 122 valence electrons. The highest BCUT2D eigenvalue weighted by molar-refractivity contribution is 5.79. The van der Waals surface area contributed by atoms with Gasteiger partial charge in [0.1, 0.15) is 22.8 Å². The van der Waals surface area contributed by atoms with Gasteiger partial charge in [0.05, 0.1) is 11.7 Å². The summed E-state index contributed by atoms with van der Waals surface area (Å²) in [6.07, 6.45) is 4.04. The zero-order chi connectivity index (χ0) is 17.2. The molecule has 0 saturated heterocycles. The first-order valence-electron chi connectivity index (χ1n) is 7.86. The Bertz CT molecular complexity index is 1050. The first-order valence-corrected chi connectivity index (χ1v) is 7.86.